The summed E-state index contributed by atoms with van der Waals surface area (Å²) in [6, 6.07) is 26.7. The van der Waals surface area contributed by atoms with Crippen molar-refractivity contribution in [2.75, 3.05) is 0 Å². The van der Waals surface area contributed by atoms with Crippen molar-refractivity contribution < 1.29 is 49.5 Å². The molecule has 157 valence electrons. The van der Waals surface area contributed by atoms with E-state index in [1.165, 1.54) is 32.0 Å². The largest absolute Gasteiger partial charge is 1.00 e. The van der Waals surface area contributed by atoms with Crippen LogP contribution in [0, 0.1) is 0 Å². The van der Waals surface area contributed by atoms with Gasteiger partial charge in [-0.05, 0) is 0 Å². The van der Waals surface area contributed by atoms with Gasteiger partial charge >= 0.3 is 204 Å². The van der Waals surface area contributed by atoms with E-state index in [2.05, 4.69) is 108 Å². The molecule has 3 atom stereocenters. The minimum atomic E-state index is -0.269. The molecule has 3 aromatic carbocycles. The molecule has 0 spiro atoms. The summed E-state index contributed by atoms with van der Waals surface area (Å²) in [6.45, 7) is 2.35. The molecular formula is C27H19BrCl2PZr. The molecule has 0 N–H and O–H groups in total. The molecule has 2 aliphatic heterocycles. The molecular weight excluding hydrogens is 597 g/mol. The quantitative estimate of drug-likeness (QED) is 0.393. The van der Waals surface area contributed by atoms with Gasteiger partial charge in [-0.3, -0.25) is 0 Å². The van der Waals surface area contributed by atoms with Crippen LogP contribution in [-0.4, -0.2) is 0 Å². The summed E-state index contributed by atoms with van der Waals surface area (Å²) in [5, 5.41) is 4.88. The van der Waals surface area contributed by atoms with Crippen LogP contribution in [0.3, 0.4) is 0 Å². The third kappa shape index (κ3) is 3.54. The van der Waals surface area contributed by atoms with Crippen LogP contribution < -0.4 is 30.1 Å². The third-order valence-corrected chi connectivity index (χ3v) is 12.0. The molecule has 3 aromatic rings. The van der Waals surface area contributed by atoms with Gasteiger partial charge in [-0.1, -0.05) is 0 Å². The Kier molecular flexibility index (Phi) is 7.22. The Morgan fingerprint density at radius 3 is 2.22 bits per heavy atom. The van der Waals surface area contributed by atoms with Crippen LogP contribution in [-0.2, 0) is 24.7 Å². The molecule has 0 saturated carbocycles. The fourth-order valence-electron chi connectivity index (χ4n) is 5.22. The van der Waals surface area contributed by atoms with Gasteiger partial charge in [0.2, 0.25) is 0 Å². The van der Waals surface area contributed by atoms with E-state index >= 15 is 0 Å². The Labute approximate surface area is 226 Å². The van der Waals surface area contributed by atoms with Crippen LogP contribution in [0.1, 0.15) is 41.0 Å². The summed E-state index contributed by atoms with van der Waals surface area (Å²) < 4.78 is 2.88. The normalized spacial score (nSPS) is 22.3. The summed E-state index contributed by atoms with van der Waals surface area (Å²) >= 11 is 5.44. The molecule has 4 aliphatic rings. The molecule has 0 saturated heterocycles. The van der Waals surface area contributed by atoms with Gasteiger partial charge in [0.1, 0.15) is 0 Å². The van der Waals surface area contributed by atoms with Crippen LogP contribution in [0.25, 0.3) is 6.08 Å². The van der Waals surface area contributed by atoms with E-state index in [4.69, 9.17) is 0 Å². The molecule has 5 heteroatoms. The second-order valence-electron chi connectivity index (χ2n) is 8.09. The predicted octanol–water partition coefficient (Wildman–Crippen LogP) is 1.57. The van der Waals surface area contributed by atoms with E-state index in [9.17, 15) is 0 Å². The minimum absolute atomic E-state index is 0. The Hall–Kier alpha value is -0.747. The average Bonchev–Trinajstić information content (AvgIpc) is 3.43. The van der Waals surface area contributed by atoms with Gasteiger partial charge < -0.3 is 24.8 Å². The first-order valence-electron chi connectivity index (χ1n) is 10.2. The SMILES string of the molecule is CC1=C2C(c3ccc(Br)c4c3C=CC4c3ccccc3)[C]([Zr+2])=C1P2c1ccccc1.[Cl-].[Cl-]. The van der Waals surface area contributed by atoms with Crippen molar-refractivity contribution in [1.29, 1.82) is 0 Å². The monoisotopic (exact) mass is 613 g/mol. The molecule has 0 nitrogen and oxygen atoms in total. The van der Waals surface area contributed by atoms with Crippen LogP contribution in [0.2, 0.25) is 0 Å². The van der Waals surface area contributed by atoms with E-state index in [1.54, 1.807) is 44.2 Å². The summed E-state index contributed by atoms with van der Waals surface area (Å²) in [6.07, 6.45) is 4.75. The Bertz CT molecular complexity index is 1280. The number of hydrogen-bond donors (Lipinski definition) is 0. The molecule has 3 unspecified atom stereocenters. The van der Waals surface area contributed by atoms with Crippen molar-refractivity contribution in [3.05, 3.63) is 125 Å². The number of halogens is 3. The van der Waals surface area contributed by atoms with Crippen LogP contribution in [0.5, 0.6) is 0 Å². The van der Waals surface area contributed by atoms with Crippen LogP contribution in [0.15, 0.2) is 103 Å². The zero-order valence-electron chi connectivity index (χ0n) is 17.3. The zero-order valence-corrected chi connectivity index (χ0v) is 23.8. The van der Waals surface area contributed by atoms with Crippen molar-refractivity contribution in [3.63, 3.8) is 0 Å². The maximum Gasteiger partial charge on any atom is -1.00 e. The second kappa shape index (κ2) is 9.48. The predicted molar refractivity (Wildman–Crippen MR) is 127 cm³/mol. The van der Waals surface area contributed by atoms with E-state index in [1.807, 2.05) is 0 Å². The molecule has 2 heterocycles. The molecule has 7 rings (SSSR count). The molecule has 0 amide bonds. The topological polar surface area (TPSA) is 0 Å². The van der Waals surface area contributed by atoms with Crippen molar-refractivity contribution in [1.82, 2.24) is 0 Å². The van der Waals surface area contributed by atoms with Gasteiger partial charge in [0, 0.05) is 0 Å². The smallest absolute Gasteiger partial charge is 1.00 e. The van der Waals surface area contributed by atoms with Gasteiger partial charge in [-0.25, -0.2) is 0 Å². The van der Waals surface area contributed by atoms with E-state index in [0.717, 1.165) is 0 Å². The Morgan fingerprint density at radius 1 is 0.875 bits per heavy atom. The Balaban J connectivity index is 0.00000122. The fourth-order valence-corrected chi connectivity index (χ4v) is 11.0. The maximum absolute atomic E-state index is 3.87. The number of rotatable bonds is 3. The van der Waals surface area contributed by atoms with Gasteiger partial charge in [0.15, 0.2) is 0 Å². The molecule has 32 heavy (non-hydrogen) atoms. The minimum Gasteiger partial charge on any atom is -1.00 e. The first kappa shape index (κ1) is 24.4. The van der Waals surface area contributed by atoms with E-state index in [-0.39, 0.29) is 32.7 Å². The van der Waals surface area contributed by atoms with Crippen molar-refractivity contribution in [3.8, 4) is 0 Å². The summed E-state index contributed by atoms with van der Waals surface area (Å²) in [5.74, 6) is 0.809. The van der Waals surface area contributed by atoms with E-state index < -0.39 is 0 Å². The standard InChI is InChI=1S/C27H19BrP.2ClH.Zr/c1-17-25-16-23(27(17)29(25)19-10-6-3-7-11-19)21-14-15-24(28)26-20(12-13-22(21)26)18-8-4-2-5-9-18;;;/h2-15,20,23H,1H3;2*1H;/q;;;+2/p-2. The fraction of sp³-hybridized carbons (Fsp3) is 0.111. The zero-order chi connectivity index (χ0) is 20.4. The Morgan fingerprint density at radius 2 is 1.53 bits per heavy atom. The van der Waals surface area contributed by atoms with Gasteiger partial charge in [-0.15, -0.1) is 0 Å². The molecule has 2 bridgehead atoms. The summed E-state index contributed by atoms with van der Waals surface area (Å²) in [7, 11) is -0.269. The summed E-state index contributed by atoms with van der Waals surface area (Å²) in [4.78, 5) is 0. The molecule has 2 aliphatic carbocycles. The van der Waals surface area contributed by atoms with Crippen molar-refractivity contribution >= 4 is 35.2 Å². The van der Waals surface area contributed by atoms with Crippen LogP contribution in [0.4, 0.5) is 0 Å². The van der Waals surface area contributed by atoms with E-state index in [0.29, 0.717) is 11.8 Å². The second-order valence-corrected chi connectivity index (χ2v) is 12.4. The number of hydrogen-bond acceptors (Lipinski definition) is 0. The average molecular weight is 616 g/mol. The third-order valence-electron chi connectivity index (χ3n) is 6.54. The first-order valence-corrected chi connectivity index (χ1v) is 13.6. The van der Waals surface area contributed by atoms with Gasteiger partial charge in [-0.2, -0.15) is 0 Å². The number of benzene rings is 3. The number of allylic oxidation sites excluding steroid dienone is 5. The van der Waals surface area contributed by atoms with Gasteiger partial charge in [0.25, 0.3) is 0 Å². The maximum atomic E-state index is 3.87. The number of fused-ring (bicyclic) bond motifs is 2. The van der Waals surface area contributed by atoms with Crippen molar-refractivity contribution in [2.24, 2.45) is 0 Å². The summed E-state index contributed by atoms with van der Waals surface area (Å²) in [5.41, 5.74) is 7.29. The van der Waals surface area contributed by atoms with Crippen molar-refractivity contribution in [2.45, 2.75) is 18.8 Å². The first-order chi connectivity index (χ1) is 14.7. The molecule has 0 aromatic heterocycles. The van der Waals surface area contributed by atoms with Gasteiger partial charge in [0.05, 0.1) is 0 Å². The molecule has 0 fully saturated rings. The molecule has 0 radical (unpaired) electrons. The van der Waals surface area contributed by atoms with Crippen LogP contribution >= 0.6 is 23.9 Å².